The topological polar surface area (TPSA) is 336 Å². The molecule has 7 amide bonds. The summed E-state index contributed by atoms with van der Waals surface area (Å²) in [5.74, 6) is -2.88. The predicted molar refractivity (Wildman–Crippen MR) is 406 cm³/mol. The molecule has 6 atom stereocenters. The van der Waals surface area contributed by atoms with E-state index in [1.54, 1.807) is 40.3 Å². The van der Waals surface area contributed by atoms with E-state index in [0.717, 1.165) is 58.9 Å². The lowest BCUT2D eigenvalue weighted by atomic mass is 9.85. The van der Waals surface area contributed by atoms with Gasteiger partial charge in [-0.1, -0.05) is 81.8 Å². The second kappa shape index (κ2) is 37.6. The summed E-state index contributed by atoms with van der Waals surface area (Å²) in [5.41, 5.74) is 7.81. The fourth-order valence-corrected chi connectivity index (χ4v) is 15.9. The fourth-order valence-electron chi connectivity index (χ4n) is 13.7. The Kier molecular flexibility index (Phi) is 28.2. The average molecular weight is 1560 g/mol. The molecule has 8 heterocycles. The molecule has 3 fully saturated rings. The maximum absolute atomic E-state index is 14.4. The van der Waals surface area contributed by atoms with Crippen molar-refractivity contribution >= 4 is 93.0 Å². The van der Waals surface area contributed by atoms with Crippen molar-refractivity contribution in [3.05, 3.63) is 133 Å². The van der Waals surface area contributed by atoms with Crippen molar-refractivity contribution in [2.24, 2.45) is 15.8 Å². The highest BCUT2D eigenvalue weighted by Crippen LogP contribution is 2.41. The van der Waals surface area contributed by atoms with E-state index in [9.17, 15) is 43.5 Å². The van der Waals surface area contributed by atoms with Gasteiger partial charge in [0.05, 0.1) is 137 Å². The van der Waals surface area contributed by atoms with Crippen molar-refractivity contribution in [1.29, 1.82) is 0 Å². The molecule has 32 heteroatoms. The third-order valence-corrected chi connectivity index (χ3v) is 22.1. The fraction of sp³-hybridized carbons (Fsp3) is 0.532. The molecule has 586 valence electrons. The van der Waals surface area contributed by atoms with E-state index >= 15 is 0 Å². The number of carbonyl (C=O) groups is 8. The molecule has 0 bridgehead atoms. The Balaban J connectivity index is 0.608. The molecule has 5 aliphatic heterocycles. The third kappa shape index (κ3) is 20.6. The largest absolute Gasteiger partial charge is 0.463 e. The highest BCUT2D eigenvalue weighted by Gasteiger charge is 2.48. The number of aromatic nitrogens is 4. The number of aliphatic hydroxyl groups is 1. The number of ether oxygens (including phenoxy) is 8. The maximum Gasteiger partial charge on any atom is 0.308 e. The number of aryl methyl sites for hydroxylation is 3. The molecular weight excluding hydrogens is 1460 g/mol. The van der Waals surface area contributed by atoms with Crippen molar-refractivity contribution in [3.63, 3.8) is 0 Å². The molecule has 3 aromatic heterocycles. The highest BCUT2D eigenvalue weighted by molar-refractivity contribution is 7.15. The summed E-state index contributed by atoms with van der Waals surface area (Å²) < 4.78 is 49.3. The van der Waals surface area contributed by atoms with Gasteiger partial charge >= 0.3 is 5.97 Å². The van der Waals surface area contributed by atoms with Crippen molar-refractivity contribution in [2.75, 3.05) is 143 Å². The predicted octanol–water partition coefficient (Wildman–Crippen LogP) is 6.32. The van der Waals surface area contributed by atoms with Crippen LogP contribution < -0.4 is 20.9 Å². The Bertz CT molecular complexity index is 4250. The van der Waals surface area contributed by atoms with Gasteiger partial charge in [0.25, 0.3) is 11.8 Å². The molecule has 0 radical (unpaired) electrons. The zero-order valence-electron chi connectivity index (χ0n) is 62.9. The summed E-state index contributed by atoms with van der Waals surface area (Å²) in [7, 11) is 0. The van der Waals surface area contributed by atoms with Crippen LogP contribution in [0, 0.1) is 38.5 Å². The van der Waals surface area contributed by atoms with Crippen LogP contribution in [0.3, 0.4) is 0 Å². The maximum atomic E-state index is 14.4. The van der Waals surface area contributed by atoms with Crippen molar-refractivity contribution < 1.29 is 81.4 Å². The minimum atomic E-state index is -1.08. The Morgan fingerprint density at radius 1 is 0.743 bits per heavy atom. The van der Waals surface area contributed by atoms with Gasteiger partial charge in [-0.05, 0) is 80.5 Å². The third-order valence-electron chi connectivity index (χ3n) is 19.7. The lowest BCUT2D eigenvalue weighted by molar-refractivity contribution is -0.146. The van der Waals surface area contributed by atoms with Gasteiger partial charge in [0.1, 0.15) is 48.2 Å². The summed E-state index contributed by atoms with van der Waals surface area (Å²) in [4.78, 5) is 125. The van der Waals surface area contributed by atoms with Gasteiger partial charge in [-0.3, -0.25) is 63.0 Å². The molecule has 0 aliphatic carbocycles. The SMILES string of the molecule is Cc1ncsc1-c1ccc(CNC(=O)[C@@H]2C[C@@H](O)CN2C(=O)[C@@H](NC(=O)COCC(C)(COCCOCCOCCOC(=O)C[C@@H]2N=C(c3ccc(Cl)cc3)c3c(sc(C)c3C)-n3c(C)nnc32)COCCOCCOCCN2CCN(c3cccc4c3C(=O)N(C3CCC(=O)NC3=O)C4=O)CC2)C(C)(C)C)cc1. The number of hydrogen-bond donors (Lipinski definition) is 4. The first-order chi connectivity index (χ1) is 52.4. The number of likely N-dealkylation sites (tertiary alicyclic amines) is 1. The number of aliphatic hydroxyl groups excluding tert-OH is 1. The van der Waals surface area contributed by atoms with E-state index < -0.39 is 95.0 Å². The number of nitrogens with one attached hydrogen (secondary N) is 3. The molecule has 11 rings (SSSR count). The second-order valence-corrected chi connectivity index (χ2v) is 31.6. The standard InChI is InChI=1S/C77H97ClN12O17S2/c1-47-49(3)109-75-64(47)66(52-16-18-54(78)19-17-52)81-57(69-85-84-50(4)89(69)75)39-63(94)107-37-36-103-31-30-102-33-35-105-44-77(8,45-106-42-62(93)82-68(76(5,6)7)74(99)88-41-55(91)38-60(88)70(95)79-40-51-12-14-53(15-13-51)67-48(2)80-46-108-67)43-104-34-32-101-29-28-100-27-26-86-22-24-87(25-23-86)58-11-9-10-56-65(58)73(98)90(72(56)97)59-20-21-61(92)83-71(59)96/h9-19,46,55,57,59-60,68,91H,20-45H2,1-8H3,(H,79,95)(H,82,93)(H,83,92,96)/t55-,57+,59?,60+,68-,77?/m1/s1. The van der Waals surface area contributed by atoms with E-state index in [2.05, 4.69) is 54.8 Å². The number of aliphatic imine (C=N–C) groups is 1. The van der Waals surface area contributed by atoms with Crippen LogP contribution in [0.5, 0.6) is 0 Å². The first-order valence-corrected chi connectivity index (χ1v) is 38.9. The van der Waals surface area contributed by atoms with Gasteiger partial charge in [0, 0.05) is 85.1 Å². The van der Waals surface area contributed by atoms with Gasteiger partial charge in [-0.15, -0.1) is 32.9 Å². The number of halogens is 1. The number of fused-ring (bicyclic) bond motifs is 4. The minimum absolute atomic E-state index is 0.00923. The Morgan fingerprint density at radius 3 is 2.04 bits per heavy atom. The number of imide groups is 2. The van der Waals surface area contributed by atoms with Crippen LogP contribution in [-0.4, -0.2) is 255 Å². The number of carbonyl (C=O) groups excluding carboxylic acids is 8. The quantitative estimate of drug-likeness (QED) is 0.0188. The number of rotatable bonds is 37. The average Bonchev–Trinajstić information content (AvgIpc) is 1.60. The van der Waals surface area contributed by atoms with Gasteiger partial charge in [0.2, 0.25) is 29.5 Å². The van der Waals surface area contributed by atoms with Gasteiger partial charge < -0.3 is 63.4 Å². The Hall–Kier alpha value is -8.31. The highest BCUT2D eigenvalue weighted by atomic mass is 35.5. The Morgan fingerprint density at radius 2 is 1.39 bits per heavy atom. The molecule has 5 aliphatic rings. The Labute approximate surface area is 646 Å². The number of esters is 1. The molecule has 3 saturated heterocycles. The first kappa shape index (κ1) is 81.7. The first-order valence-electron chi connectivity index (χ1n) is 36.8. The number of thiazole rings is 1. The molecule has 109 heavy (non-hydrogen) atoms. The van der Waals surface area contributed by atoms with Gasteiger partial charge in [-0.25, -0.2) is 4.98 Å². The number of benzene rings is 3. The molecule has 0 spiro atoms. The van der Waals surface area contributed by atoms with E-state index in [4.69, 9.17) is 54.5 Å². The normalized spacial score (nSPS) is 18.9. The zero-order valence-corrected chi connectivity index (χ0v) is 65.3. The number of thiophene rings is 1. The van der Waals surface area contributed by atoms with E-state index in [0.29, 0.717) is 74.9 Å². The number of nitrogens with zero attached hydrogens (tertiary/aromatic N) is 9. The summed E-state index contributed by atoms with van der Waals surface area (Å²) in [6, 6.07) is 16.7. The number of anilines is 1. The van der Waals surface area contributed by atoms with Crippen LogP contribution in [-0.2, 0) is 73.2 Å². The lowest BCUT2D eigenvalue weighted by Gasteiger charge is -2.36. The number of amides is 7. The molecule has 3 aromatic carbocycles. The van der Waals surface area contributed by atoms with Crippen LogP contribution in [0.4, 0.5) is 5.69 Å². The van der Waals surface area contributed by atoms with Crippen molar-refractivity contribution in [3.8, 4) is 15.4 Å². The van der Waals surface area contributed by atoms with Crippen LogP contribution in [0.1, 0.15) is 125 Å². The molecular formula is C77H97ClN12O17S2. The van der Waals surface area contributed by atoms with Crippen LogP contribution in [0.25, 0.3) is 15.4 Å². The van der Waals surface area contributed by atoms with E-state index in [1.165, 1.54) is 4.90 Å². The second-order valence-electron chi connectivity index (χ2n) is 29.1. The molecule has 29 nitrogen and oxygen atoms in total. The molecule has 4 N–H and O–H groups in total. The number of piperidine rings is 1. The molecule has 6 aromatic rings. The number of piperazine rings is 1. The van der Waals surface area contributed by atoms with Crippen molar-refractivity contribution in [2.45, 2.75) is 118 Å². The molecule has 2 unspecified atom stereocenters. The lowest BCUT2D eigenvalue weighted by Crippen LogP contribution is -2.58. The van der Waals surface area contributed by atoms with Crippen LogP contribution >= 0.6 is 34.3 Å². The minimum Gasteiger partial charge on any atom is -0.463 e. The monoisotopic (exact) mass is 1560 g/mol. The van der Waals surface area contributed by atoms with Crippen LogP contribution in [0.15, 0.2) is 77.2 Å². The van der Waals surface area contributed by atoms with Crippen molar-refractivity contribution in [1.82, 2.24) is 50.4 Å². The van der Waals surface area contributed by atoms with Crippen LogP contribution in [0.2, 0.25) is 5.02 Å². The zero-order chi connectivity index (χ0) is 77.5. The summed E-state index contributed by atoms with van der Waals surface area (Å²) in [6.07, 6.45) is -0.855. The molecule has 0 saturated carbocycles. The summed E-state index contributed by atoms with van der Waals surface area (Å²) in [6.45, 7) is 21.2. The van der Waals surface area contributed by atoms with E-state index in [1.807, 2.05) is 101 Å². The summed E-state index contributed by atoms with van der Waals surface area (Å²) >= 11 is 9.46. The summed E-state index contributed by atoms with van der Waals surface area (Å²) in [5, 5.41) is 29.3. The smallest absolute Gasteiger partial charge is 0.308 e. The number of β-amino-alcohol motifs (C(OH)–C–C–N with tert-alkyl or cyclic N) is 1. The number of hydrogen-bond acceptors (Lipinski definition) is 25. The van der Waals surface area contributed by atoms with Gasteiger partial charge in [-0.2, -0.15) is 0 Å². The van der Waals surface area contributed by atoms with E-state index in [-0.39, 0.29) is 123 Å². The van der Waals surface area contributed by atoms with Gasteiger partial charge in [0.15, 0.2) is 5.82 Å².